The van der Waals surface area contributed by atoms with Gasteiger partial charge in [0.25, 0.3) is 12.3 Å². The first-order valence-electron chi connectivity index (χ1n) is 9.77. The quantitative estimate of drug-likeness (QED) is 0.619. The number of alkyl halides is 2. The Balaban J connectivity index is 1.99. The van der Waals surface area contributed by atoms with Crippen LogP contribution in [0.5, 0.6) is 5.75 Å². The number of benzene rings is 1. The molecule has 2 N–H and O–H groups in total. The van der Waals surface area contributed by atoms with E-state index in [1.54, 1.807) is 30.5 Å². The van der Waals surface area contributed by atoms with E-state index in [0.29, 0.717) is 30.0 Å². The number of pyridine rings is 1. The van der Waals surface area contributed by atoms with Crippen LogP contribution >= 0.6 is 0 Å². The zero-order valence-corrected chi connectivity index (χ0v) is 17.4. The molecule has 0 bridgehead atoms. The lowest BCUT2D eigenvalue weighted by Crippen LogP contribution is -2.30. The number of nitrogens with one attached hydrogen (secondary N) is 2. The van der Waals surface area contributed by atoms with Gasteiger partial charge in [-0.2, -0.15) is 0 Å². The van der Waals surface area contributed by atoms with E-state index < -0.39 is 13.0 Å². The molecule has 162 valence electrons. The molecule has 1 aromatic heterocycles. The number of hydrogen-bond donors (Lipinski definition) is 2. The van der Waals surface area contributed by atoms with Crippen LogP contribution in [0.15, 0.2) is 36.5 Å². The van der Waals surface area contributed by atoms with E-state index in [9.17, 15) is 18.4 Å². The first-order chi connectivity index (χ1) is 14.3. The Hall–Kier alpha value is -3.03. The second kappa shape index (κ2) is 11.2. The molecule has 0 aliphatic carbocycles. The molecule has 0 saturated heterocycles. The molecule has 0 radical (unpaired) electrons. The normalized spacial score (nSPS) is 10.9. The average molecular weight is 419 g/mol. The van der Waals surface area contributed by atoms with E-state index in [1.807, 2.05) is 26.8 Å². The predicted octanol–water partition coefficient (Wildman–Crippen LogP) is 3.28. The van der Waals surface area contributed by atoms with Crippen LogP contribution in [0.2, 0.25) is 0 Å². The van der Waals surface area contributed by atoms with Gasteiger partial charge in [0, 0.05) is 31.6 Å². The van der Waals surface area contributed by atoms with Crippen LogP contribution in [-0.2, 0) is 17.8 Å². The maximum Gasteiger partial charge on any atom is 0.272 e. The number of carbonyl (C=O) groups is 2. The lowest BCUT2D eigenvalue weighted by atomic mass is 10.1. The number of hydrogen-bond acceptors (Lipinski definition) is 4. The maximum atomic E-state index is 12.7. The number of nitrogens with zero attached hydrogens (tertiary/aromatic N) is 1. The van der Waals surface area contributed by atoms with Crippen LogP contribution in [0.25, 0.3) is 0 Å². The zero-order valence-electron chi connectivity index (χ0n) is 17.4. The molecule has 0 fully saturated rings. The predicted molar refractivity (Wildman–Crippen MR) is 110 cm³/mol. The standard InChI is InChI=1S/C22H27F2N3O3/c1-14(2)21(28)26-8-6-19-18(5-4-7-25-19)22(29)27-12-16-9-15(3)10-17(11-16)30-13-20(23)24/h4-5,7,9-11,14,20H,6,8,12-13H2,1-3H3,(H,26,28)(H,27,29). The van der Waals surface area contributed by atoms with Gasteiger partial charge >= 0.3 is 0 Å². The maximum absolute atomic E-state index is 12.7. The summed E-state index contributed by atoms with van der Waals surface area (Å²) in [6.07, 6.45) is -0.523. The highest BCUT2D eigenvalue weighted by molar-refractivity contribution is 5.95. The third kappa shape index (κ3) is 7.42. The van der Waals surface area contributed by atoms with Crippen LogP contribution < -0.4 is 15.4 Å². The highest BCUT2D eigenvalue weighted by Gasteiger charge is 2.13. The van der Waals surface area contributed by atoms with Gasteiger partial charge < -0.3 is 15.4 Å². The number of aromatic nitrogens is 1. The summed E-state index contributed by atoms with van der Waals surface area (Å²) in [5.41, 5.74) is 2.60. The smallest absolute Gasteiger partial charge is 0.272 e. The number of halogens is 2. The molecular weight excluding hydrogens is 392 g/mol. The molecule has 0 aliphatic rings. The van der Waals surface area contributed by atoms with E-state index in [1.165, 1.54) is 0 Å². The fraction of sp³-hybridized carbons (Fsp3) is 0.409. The molecule has 0 spiro atoms. The van der Waals surface area contributed by atoms with Crippen LogP contribution in [0.4, 0.5) is 8.78 Å². The van der Waals surface area contributed by atoms with Gasteiger partial charge in [-0.3, -0.25) is 14.6 Å². The molecule has 6 nitrogen and oxygen atoms in total. The van der Waals surface area contributed by atoms with Gasteiger partial charge in [-0.25, -0.2) is 8.78 Å². The van der Waals surface area contributed by atoms with Crippen molar-refractivity contribution in [2.75, 3.05) is 13.2 Å². The summed E-state index contributed by atoms with van der Waals surface area (Å²) < 4.78 is 29.8. The Morgan fingerprint density at radius 2 is 1.93 bits per heavy atom. The van der Waals surface area contributed by atoms with Crippen LogP contribution in [-0.4, -0.2) is 36.4 Å². The van der Waals surface area contributed by atoms with Gasteiger partial charge in [-0.05, 0) is 42.3 Å². The topological polar surface area (TPSA) is 80.3 Å². The van der Waals surface area contributed by atoms with Gasteiger partial charge in [-0.15, -0.1) is 0 Å². The molecule has 30 heavy (non-hydrogen) atoms. The van der Waals surface area contributed by atoms with Gasteiger partial charge in [0.05, 0.1) is 11.3 Å². The van der Waals surface area contributed by atoms with Crippen molar-refractivity contribution in [3.63, 3.8) is 0 Å². The highest BCUT2D eigenvalue weighted by atomic mass is 19.3. The first kappa shape index (κ1) is 23.3. The molecule has 0 atom stereocenters. The Kier molecular flexibility index (Phi) is 8.70. The van der Waals surface area contributed by atoms with Crippen molar-refractivity contribution in [2.45, 2.75) is 40.2 Å². The summed E-state index contributed by atoms with van der Waals surface area (Å²) in [5.74, 6) is -0.131. The minimum atomic E-state index is -2.55. The highest BCUT2D eigenvalue weighted by Crippen LogP contribution is 2.18. The largest absolute Gasteiger partial charge is 0.488 e. The lowest BCUT2D eigenvalue weighted by molar-refractivity contribution is -0.123. The van der Waals surface area contributed by atoms with Crippen molar-refractivity contribution in [3.8, 4) is 5.75 Å². The Bertz CT molecular complexity index is 872. The molecule has 8 heteroatoms. The van der Waals surface area contributed by atoms with E-state index >= 15 is 0 Å². The Labute approximate surface area is 175 Å². The van der Waals surface area contributed by atoms with Crippen molar-refractivity contribution in [1.82, 2.24) is 15.6 Å². The molecule has 0 saturated carbocycles. The fourth-order valence-corrected chi connectivity index (χ4v) is 2.80. The number of rotatable bonds is 10. The minimum absolute atomic E-state index is 0.0544. The molecule has 2 rings (SSSR count). The monoisotopic (exact) mass is 419 g/mol. The van der Waals surface area contributed by atoms with Crippen molar-refractivity contribution >= 4 is 11.8 Å². The molecule has 1 aromatic carbocycles. The Morgan fingerprint density at radius 1 is 1.17 bits per heavy atom. The van der Waals surface area contributed by atoms with E-state index in [4.69, 9.17) is 4.74 Å². The van der Waals surface area contributed by atoms with Crippen molar-refractivity contribution in [1.29, 1.82) is 0 Å². The summed E-state index contributed by atoms with van der Waals surface area (Å²) in [6, 6.07) is 8.49. The van der Waals surface area contributed by atoms with Crippen molar-refractivity contribution < 1.29 is 23.1 Å². The summed E-state index contributed by atoms with van der Waals surface area (Å²) in [6.45, 7) is 5.36. The Morgan fingerprint density at radius 3 is 2.63 bits per heavy atom. The zero-order chi connectivity index (χ0) is 22.1. The third-order valence-electron chi connectivity index (χ3n) is 4.26. The van der Waals surface area contributed by atoms with Crippen LogP contribution in [0.3, 0.4) is 0 Å². The second-order valence-electron chi connectivity index (χ2n) is 7.23. The molecule has 0 unspecified atom stereocenters. The number of aryl methyl sites for hydroxylation is 1. The molecule has 1 heterocycles. The van der Waals surface area contributed by atoms with Gasteiger partial charge in [0.1, 0.15) is 12.4 Å². The van der Waals surface area contributed by atoms with Gasteiger partial charge in [-0.1, -0.05) is 19.9 Å². The minimum Gasteiger partial charge on any atom is -0.488 e. The molecular formula is C22H27F2N3O3. The lowest BCUT2D eigenvalue weighted by Gasteiger charge is -2.12. The number of carbonyl (C=O) groups excluding carboxylic acids is 2. The third-order valence-corrected chi connectivity index (χ3v) is 4.26. The molecule has 2 aromatic rings. The summed E-state index contributed by atoms with van der Waals surface area (Å²) in [5, 5.41) is 5.63. The van der Waals surface area contributed by atoms with E-state index in [2.05, 4.69) is 15.6 Å². The fourth-order valence-electron chi connectivity index (χ4n) is 2.80. The van der Waals surface area contributed by atoms with Crippen LogP contribution in [0, 0.1) is 12.8 Å². The van der Waals surface area contributed by atoms with E-state index in [-0.39, 0.29) is 24.3 Å². The second-order valence-corrected chi connectivity index (χ2v) is 7.23. The number of amides is 2. The van der Waals surface area contributed by atoms with Gasteiger partial charge in [0.15, 0.2) is 0 Å². The summed E-state index contributed by atoms with van der Waals surface area (Å²) in [7, 11) is 0. The molecule has 2 amide bonds. The summed E-state index contributed by atoms with van der Waals surface area (Å²) in [4.78, 5) is 28.6. The molecule has 0 aliphatic heterocycles. The van der Waals surface area contributed by atoms with Crippen LogP contribution in [0.1, 0.15) is 41.0 Å². The van der Waals surface area contributed by atoms with Crippen molar-refractivity contribution in [3.05, 3.63) is 58.9 Å². The average Bonchev–Trinajstić information content (AvgIpc) is 2.70. The number of ether oxygens (including phenoxy) is 1. The first-order valence-corrected chi connectivity index (χ1v) is 9.77. The summed E-state index contributed by atoms with van der Waals surface area (Å²) >= 11 is 0. The SMILES string of the molecule is Cc1cc(CNC(=O)c2cccnc2CCNC(=O)C(C)C)cc(OCC(F)F)c1. The van der Waals surface area contributed by atoms with Crippen molar-refractivity contribution in [2.24, 2.45) is 5.92 Å². The van der Waals surface area contributed by atoms with E-state index in [0.717, 1.165) is 11.1 Å². The van der Waals surface area contributed by atoms with Gasteiger partial charge in [0.2, 0.25) is 5.91 Å².